The summed E-state index contributed by atoms with van der Waals surface area (Å²) in [6.45, 7) is 2.81. The molecule has 0 N–H and O–H groups in total. The number of pyridine rings is 1. The van der Waals surface area contributed by atoms with Gasteiger partial charge in [0.25, 0.3) is 0 Å². The van der Waals surface area contributed by atoms with Gasteiger partial charge in [0.1, 0.15) is 10.3 Å². The summed E-state index contributed by atoms with van der Waals surface area (Å²) in [6, 6.07) is 3.62. The van der Waals surface area contributed by atoms with Gasteiger partial charge >= 0.3 is 0 Å². The molecule has 0 spiro atoms. The zero-order chi connectivity index (χ0) is 12.3. The van der Waals surface area contributed by atoms with E-state index in [4.69, 9.17) is 27.9 Å². The van der Waals surface area contributed by atoms with Gasteiger partial charge in [-0.15, -0.1) is 0 Å². The zero-order valence-corrected chi connectivity index (χ0v) is 11.5. The molecule has 1 heterocycles. The van der Waals surface area contributed by atoms with Crippen LogP contribution >= 0.6 is 23.2 Å². The highest BCUT2D eigenvalue weighted by Crippen LogP contribution is 2.27. The number of nitrogens with zero attached hydrogens (tertiary/aromatic N) is 1. The summed E-state index contributed by atoms with van der Waals surface area (Å²) in [4.78, 5) is 4.00. The summed E-state index contributed by atoms with van der Waals surface area (Å²) < 4.78 is 5.89. The molecule has 1 aliphatic rings. The van der Waals surface area contributed by atoms with E-state index < -0.39 is 0 Å². The second kappa shape index (κ2) is 6.03. The maximum atomic E-state index is 6.00. The molecule has 0 bridgehead atoms. The number of halogens is 2. The van der Waals surface area contributed by atoms with Crippen LogP contribution in [0, 0.1) is 5.92 Å². The molecule has 1 fully saturated rings. The van der Waals surface area contributed by atoms with Crippen molar-refractivity contribution in [2.45, 2.75) is 45.3 Å². The van der Waals surface area contributed by atoms with Crippen LogP contribution in [-0.2, 0) is 11.3 Å². The summed E-state index contributed by atoms with van der Waals surface area (Å²) in [6.07, 6.45) is 5.26. The summed E-state index contributed by atoms with van der Waals surface area (Å²) in [5.41, 5.74) is 0.911. The van der Waals surface area contributed by atoms with E-state index in [2.05, 4.69) is 11.9 Å². The average molecular weight is 274 g/mol. The lowest BCUT2D eigenvalue weighted by Gasteiger charge is -2.26. The summed E-state index contributed by atoms with van der Waals surface area (Å²) in [7, 11) is 0. The minimum atomic E-state index is 0.366. The second-order valence-electron chi connectivity index (χ2n) is 4.79. The smallest absolute Gasteiger partial charge is 0.136 e. The lowest BCUT2D eigenvalue weighted by molar-refractivity contribution is 0.00460. The molecular weight excluding hydrogens is 257 g/mol. The van der Waals surface area contributed by atoms with Gasteiger partial charge in [-0.2, -0.15) is 0 Å². The van der Waals surface area contributed by atoms with Gasteiger partial charge in [0.15, 0.2) is 0 Å². The van der Waals surface area contributed by atoms with Crippen LogP contribution in [0.2, 0.25) is 10.3 Å². The predicted molar refractivity (Wildman–Crippen MR) is 70.5 cm³/mol. The molecule has 0 aromatic carbocycles. The summed E-state index contributed by atoms with van der Waals surface area (Å²) in [5.74, 6) is 0.771. The monoisotopic (exact) mass is 273 g/mol. The summed E-state index contributed by atoms with van der Waals surface area (Å²) in [5, 5.41) is 0.867. The fraction of sp³-hybridized carbons (Fsp3) is 0.615. The molecule has 2 atom stereocenters. The van der Waals surface area contributed by atoms with E-state index in [9.17, 15) is 0 Å². The fourth-order valence-corrected chi connectivity index (χ4v) is 2.69. The normalized spacial score (nSPS) is 24.9. The fourth-order valence-electron chi connectivity index (χ4n) is 2.29. The molecule has 2 rings (SSSR count). The lowest BCUT2D eigenvalue weighted by Crippen LogP contribution is -2.21. The topological polar surface area (TPSA) is 22.1 Å². The van der Waals surface area contributed by atoms with E-state index in [0.717, 1.165) is 24.3 Å². The van der Waals surface area contributed by atoms with Crippen LogP contribution in [0.4, 0.5) is 0 Å². The highest BCUT2D eigenvalue weighted by molar-refractivity contribution is 6.32. The Bertz CT molecular complexity index is 384. The van der Waals surface area contributed by atoms with Crippen molar-refractivity contribution in [1.29, 1.82) is 0 Å². The van der Waals surface area contributed by atoms with E-state index in [0.29, 0.717) is 23.0 Å². The van der Waals surface area contributed by atoms with Crippen molar-refractivity contribution >= 4 is 23.2 Å². The van der Waals surface area contributed by atoms with Gasteiger partial charge in [0.2, 0.25) is 0 Å². The minimum absolute atomic E-state index is 0.366. The molecule has 1 aromatic rings. The van der Waals surface area contributed by atoms with Crippen LogP contribution in [0.5, 0.6) is 0 Å². The Kier molecular flexibility index (Phi) is 4.66. The Morgan fingerprint density at radius 2 is 2.18 bits per heavy atom. The van der Waals surface area contributed by atoms with E-state index in [1.54, 1.807) is 6.07 Å². The standard InChI is InChI=1S/C13H17Cl2NO/c1-9-3-2-4-11(7-9)17-8-10-5-6-12(14)16-13(10)15/h5-6,9,11H,2-4,7-8H2,1H3. The largest absolute Gasteiger partial charge is 0.373 e. The Hall–Kier alpha value is -0.310. The number of hydrogen-bond donors (Lipinski definition) is 0. The van der Waals surface area contributed by atoms with Gasteiger partial charge in [0, 0.05) is 5.56 Å². The van der Waals surface area contributed by atoms with Gasteiger partial charge in [-0.25, -0.2) is 4.98 Å². The molecule has 0 saturated heterocycles. The Morgan fingerprint density at radius 3 is 2.88 bits per heavy atom. The van der Waals surface area contributed by atoms with Gasteiger partial charge < -0.3 is 4.74 Å². The zero-order valence-electron chi connectivity index (χ0n) is 9.96. The molecule has 2 nitrogen and oxygen atoms in total. The van der Waals surface area contributed by atoms with E-state index >= 15 is 0 Å². The van der Waals surface area contributed by atoms with Gasteiger partial charge in [-0.1, -0.05) is 49.0 Å². The highest BCUT2D eigenvalue weighted by Gasteiger charge is 2.19. The number of rotatable bonds is 3. The molecule has 0 amide bonds. The molecule has 1 aromatic heterocycles. The lowest BCUT2D eigenvalue weighted by atomic mass is 9.89. The van der Waals surface area contributed by atoms with Crippen LogP contribution in [-0.4, -0.2) is 11.1 Å². The van der Waals surface area contributed by atoms with E-state index in [-0.39, 0.29) is 0 Å². The molecule has 0 radical (unpaired) electrons. The van der Waals surface area contributed by atoms with Crippen LogP contribution < -0.4 is 0 Å². The van der Waals surface area contributed by atoms with Crippen molar-refractivity contribution in [2.75, 3.05) is 0 Å². The quantitative estimate of drug-likeness (QED) is 0.758. The van der Waals surface area contributed by atoms with Crippen molar-refractivity contribution in [2.24, 2.45) is 5.92 Å². The first-order chi connectivity index (χ1) is 8.15. The SMILES string of the molecule is CC1CCCC(OCc2ccc(Cl)nc2Cl)C1. The first kappa shape index (κ1) is 13.1. The van der Waals surface area contributed by atoms with Crippen LogP contribution in [0.1, 0.15) is 38.2 Å². The van der Waals surface area contributed by atoms with Gasteiger partial charge in [0.05, 0.1) is 12.7 Å². The molecular formula is C13H17Cl2NO. The van der Waals surface area contributed by atoms with E-state index in [1.165, 1.54) is 12.8 Å². The molecule has 4 heteroatoms. The maximum Gasteiger partial charge on any atom is 0.136 e. The van der Waals surface area contributed by atoms with Crippen molar-refractivity contribution in [3.63, 3.8) is 0 Å². The van der Waals surface area contributed by atoms with Crippen molar-refractivity contribution in [3.8, 4) is 0 Å². The first-order valence-corrected chi connectivity index (χ1v) is 6.83. The Labute approximate surface area is 112 Å². The number of ether oxygens (including phenoxy) is 1. The third-order valence-electron chi connectivity index (χ3n) is 3.25. The summed E-state index contributed by atoms with van der Waals surface area (Å²) >= 11 is 11.7. The van der Waals surface area contributed by atoms with Gasteiger partial charge in [-0.3, -0.25) is 0 Å². The third-order valence-corrected chi connectivity index (χ3v) is 3.79. The van der Waals surface area contributed by atoms with Crippen molar-refractivity contribution in [1.82, 2.24) is 4.98 Å². The number of hydrogen-bond acceptors (Lipinski definition) is 2. The highest BCUT2D eigenvalue weighted by atomic mass is 35.5. The predicted octanol–water partition coefficient (Wildman–Crippen LogP) is 4.48. The molecule has 1 saturated carbocycles. The first-order valence-electron chi connectivity index (χ1n) is 6.07. The Morgan fingerprint density at radius 1 is 1.35 bits per heavy atom. The van der Waals surface area contributed by atoms with E-state index in [1.807, 2.05) is 6.07 Å². The second-order valence-corrected chi connectivity index (χ2v) is 5.53. The van der Waals surface area contributed by atoms with Crippen molar-refractivity contribution in [3.05, 3.63) is 28.0 Å². The Balaban J connectivity index is 1.88. The third kappa shape index (κ3) is 3.84. The van der Waals surface area contributed by atoms with Crippen LogP contribution in [0.25, 0.3) is 0 Å². The molecule has 94 valence electrons. The van der Waals surface area contributed by atoms with Gasteiger partial charge in [-0.05, 0) is 24.8 Å². The molecule has 17 heavy (non-hydrogen) atoms. The van der Waals surface area contributed by atoms with Crippen molar-refractivity contribution < 1.29 is 4.74 Å². The molecule has 0 aliphatic heterocycles. The molecule has 1 aliphatic carbocycles. The van der Waals surface area contributed by atoms with Crippen LogP contribution in [0.3, 0.4) is 0 Å². The molecule has 2 unspecified atom stereocenters. The van der Waals surface area contributed by atoms with Crippen LogP contribution in [0.15, 0.2) is 12.1 Å². The minimum Gasteiger partial charge on any atom is -0.373 e. The number of aromatic nitrogens is 1. The average Bonchev–Trinajstić information content (AvgIpc) is 2.28. The maximum absolute atomic E-state index is 6.00.